The van der Waals surface area contributed by atoms with E-state index in [1.165, 1.54) is 18.3 Å². The predicted molar refractivity (Wildman–Crippen MR) is 114 cm³/mol. The van der Waals surface area contributed by atoms with Crippen LogP contribution in [0.25, 0.3) is 0 Å². The maximum atomic E-state index is 13.6. The molecule has 0 spiro atoms. The zero-order chi connectivity index (χ0) is 24.6. The van der Waals surface area contributed by atoms with Crippen LogP contribution in [0, 0.1) is 12.7 Å². The van der Waals surface area contributed by atoms with Crippen LogP contribution in [0.3, 0.4) is 0 Å². The standard InChI is InChI=1S/C22H22F4N4O3/c1-3-27-11-19(31)17(4-5-22(24,25)26)30-20(32)12-29-21(33)15-9-18(28-10-15)14-6-13(2)7-16(23)8-14/h3,6-8,10-11,17H,1,4-5,9,12H2,2H3,(H,29,33)(H,30,32). The highest BCUT2D eigenvalue weighted by atomic mass is 19.4. The fourth-order valence-corrected chi connectivity index (χ4v) is 2.98. The number of aliphatic imine (C=N–C) groups is 2. The smallest absolute Gasteiger partial charge is 0.344 e. The molecule has 0 saturated heterocycles. The summed E-state index contributed by atoms with van der Waals surface area (Å²) >= 11 is 0. The lowest BCUT2D eigenvalue weighted by Crippen LogP contribution is -2.46. The van der Waals surface area contributed by atoms with Crippen molar-refractivity contribution in [3.05, 3.63) is 59.7 Å². The van der Waals surface area contributed by atoms with Crippen molar-refractivity contribution in [2.24, 2.45) is 9.98 Å². The monoisotopic (exact) mass is 466 g/mol. The lowest BCUT2D eigenvalue weighted by Gasteiger charge is -2.17. The number of hydrogen-bond acceptors (Lipinski definition) is 5. The zero-order valence-corrected chi connectivity index (χ0v) is 17.7. The van der Waals surface area contributed by atoms with Gasteiger partial charge >= 0.3 is 6.18 Å². The normalized spacial score (nSPS) is 14.5. The third-order valence-corrected chi connectivity index (χ3v) is 4.51. The summed E-state index contributed by atoms with van der Waals surface area (Å²) in [5, 5.41) is 4.50. The number of nitrogens with zero attached hydrogens (tertiary/aromatic N) is 2. The molecule has 0 bridgehead atoms. The Bertz CT molecular complexity index is 1010. The van der Waals surface area contributed by atoms with Crippen LogP contribution < -0.4 is 10.6 Å². The van der Waals surface area contributed by atoms with Gasteiger partial charge in [-0.05, 0) is 42.7 Å². The minimum atomic E-state index is -4.51. The Hall–Kier alpha value is -3.63. The number of ketones is 1. The van der Waals surface area contributed by atoms with Crippen molar-refractivity contribution in [1.82, 2.24) is 10.6 Å². The second-order valence-electron chi connectivity index (χ2n) is 7.24. The van der Waals surface area contributed by atoms with Crippen LogP contribution in [-0.4, -0.2) is 48.3 Å². The first kappa shape index (κ1) is 25.6. The number of carbonyl (C=O) groups is 3. The highest BCUT2D eigenvalue weighted by Gasteiger charge is 2.31. The third-order valence-electron chi connectivity index (χ3n) is 4.51. The quantitative estimate of drug-likeness (QED) is 0.410. The van der Waals surface area contributed by atoms with Crippen LogP contribution in [0.5, 0.6) is 0 Å². The Morgan fingerprint density at radius 2 is 2.00 bits per heavy atom. The van der Waals surface area contributed by atoms with Gasteiger partial charge in [0.2, 0.25) is 11.8 Å². The first-order valence-electron chi connectivity index (χ1n) is 9.84. The second-order valence-corrected chi connectivity index (χ2v) is 7.24. The molecular formula is C22H22F4N4O3. The van der Waals surface area contributed by atoms with Gasteiger partial charge in [0.15, 0.2) is 5.78 Å². The van der Waals surface area contributed by atoms with E-state index in [4.69, 9.17) is 0 Å². The van der Waals surface area contributed by atoms with Crippen molar-refractivity contribution >= 4 is 29.5 Å². The van der Waals surface area contributed by atoms with Gasteiger partial charge in [0.25, 0.3) is 0 Å². The van der Waals surface area contributed by atoms with E-state index in [2.05, 4.69) is 27.2 Å². The summed E-state index contributed by atoms with van der Waals surface area (Å²) < 4.78 is 51.2. The van der Waals surface area contributed by atoms with Crippen LogP contribution in [0.15, 0.2) is 52.7 Å². The Morgan fingerprint density at radius 3 is 2.64 bits per heavy atom. The molecule has 33 heavy (non-hydrogen) atoms. The molecule has 1 heterocycles. The molecule has 2 amide bonds. The summed E-state index contributed by atoms with van der Waals surface area (Å²) in [5.74, 6) is -2.74. The number of aryl methyl sites for hydroxylation is 1. The number of rotatable bonds is 10. The zero-order valence-electron chi connectivity index (χ0n) is 17.7. The molecular weight excluding hydrogens is 444 g/mol. The molecule has 0 radical (unpaired) electrons. The second kappa shape index (κ2) is 11.3. The number of Topliss-reactive ketones (excluding diaryl/α,β-unsaturated/α-hetero) is 1. The number of hydrogen-bond donors (Lipinski definition) is 2. The van der Waals surface area contributed by atoms with Crippen LogP contribution in [0.2, 0.25) is 0 Å². The summed E-state index contributed by atoms with van der Waals surface area (Å²) in [6.07, 6.45) is -3.28. The molecule has 2 rings (SSSR count). The molecule has 1 unspecified atom stereocenters. The van der Waals surface area contributed by atoms with Crippen molar-refractivity contribution in [3.8, 4) is 0 Å². The van der Waals surface area contributed by atoms with E-state index in [1.54, 1.807) is 13.0 Å². The molecule has 11 heteroatoms. The van der Waals surface area contributed by atoms with Crippen LogP contribution in [0.4, 0.5) is 17.6 Å². The fourth-order valence-electron chi connectivity index (χ4n) is 2.98. The Kier molecular flexibility index (Phi) is 8.78. The number of halogens is 4. The number of benzene rings is 1. The minimum absolute atomic E-state index is 0.112. The average molecular weight is 466 g/mol. The van der Waals surface area contributed by atoms with Gasteiger partial charge in [-0.15, -0.1) is 0 Å². The Balaban J connectivity index is 1.90. The topological polar surface area (TPSA) is 100.0 Å². The fraction of sp³-hybridized carbons (Fsp3) is 0.318. The molecule has 7 nitrogen and oxygen atoms in total. The Morgan fingerprint density at radius 1 is 1.27 bits per heavy atom. The maximum absolute atomic E-state index is 13.6. The van der Waals surface area contributed by atoms with Gasteiger partial charge in [0.1, 0.15) is 5.82 Å². The number of alkyl halides is 3. The number of amides is 2. The van der Waals surface area contributed by atoms with E-state index < -0.39 is 55.0 Å². The van der Waals surface area contributed by atoms with Crippen molar-refractivity contribution in [1.29, 1.82) is 0 Å². The van der Waals surface area contributed by atoms with Gasteiger partial charge in [0.05, 0.1) is 24.5 Å². The summed E-state index contributed by atoms with van der Waals surface area (Å²) in [5.41, 5.74) is 1.92. The first-order valence-corrected chi connectivity index (χ1v) is 9.84. The maximum Gasteiger partial charge on any atom is 0.389 e. The number of nitrogens with one attached hydrogen (secondary N) is 2. The number of carbonyl (C=O) groups excluding carboxylic acids is 3. The van der Waals surface area contributed by atoms with Crippen molar-refractivity contribution in [2.75, 3.05) is 6.54 Å². The SMILES string of the molecule is C=CN=CC(=O)C(CCC(F)(F)F)NC(=O)CNC(=O)C1=CN=C(c2cc(C)cc(F)c2)C1. The van der Waals surface area contributed by atoms with E-state index in [0.29, 0.717) is 16.8 Å². The molecule has 2 N–H and O–H groups in total. The molecule has 0 fully saturated rings. The van der Waals surface area contributed by atoms with E-state index in [1.807, 2.05) is 0 Å². The molecule has 1 aliphatic rings. The third kappa shape index (κ3) is 8.43. The van der Waals surface area contributed by atoms with Gasteiger partial charge in [-0.25, -0.2) is 4.39 Å². The van der Waals surface area contributed by atoms with Crippen LogP contribution >= 0.6 is 0 Å². The molecule has 0 aromatic heterocycles. The highest BCUT2D eigenvalue weighted by molar-refractivity contribution is 6.30. The molecule has 1 aromatic carbocycles. The van der Waals surface area contributed by atoms with Crippen molar-refractivity contribution < 1.29 is 31.9 Å². The summed E-state index contributed by atoms with van der Waals surface area (Å²) in [6.45, 7) is 4.41. The molecule has 0 saturated carbocycles. The van der Waals surface area contributed by atoms with Crippen molar-refractivity contribution in [3.63, 3.8) is 0 Å². The highest BCUT2D eigenvalue weighted by Crippen LogP contribution is 2.22. The minimum Gasteiger partial charge on any atom is -0.344 e. The molecule has 1 atom stereocenters. The predicted octanol–water partition coefficient (Wildman–Crippen LogP) is 2.94. The van der Waals surface area contributed by atoms with Crippen LogP contribution in [-0.2, 0) is 14.4 Å². The molecule has 1 aliphatic heterocycles. The van der Waals surface area contributed by atoms with Gasteiger partial charge in [-0.1, -0.05) is 6.58 Å². The van der Waals surface area contributed by atoms with E-state index in [-0.39, 0.29) is 12.0 Å². The Labute approximate surface area is 187 Å². The summed E-state index contributed by atoms with van der Waals surface area (Å²) in [6, 6.07) is 2.91. The van der Waals surface area contributed by atoms with E-state index in [9.17, 15) is 31.9 Å². The molecule has 176 valence electrons. The van der Waals surface area contributed by atoms with Crippen LogP contribution in [0.1, 0.15) is 30.4 Å². The summed E-state index contributed by atoms with van der Waals surface area (Å²) in [4.78, 5) is 44.0. The average Bonchev–Trinajstić information content (AvgIpc) is 3.22. The lowest BCUT2D eigenvalue weighted by molar-refractivity contribution is -0.139. The largest absolute Gasteiger partial charge is 0.389 e. The van der Waals surface area contributed by atoms with Crippen molar-refractivity contribution in [2.45, 2.75) is 38.4 Å². The van der Waals surface area contributed by atoms with Gasteiger partial charge in [-0.3, -0.25) is 24.4 Å². The van der Waals surface area contributed by atoms with E-state index >= 15 is 0 Å². The van der Waals surface area contributed by atoms with E-state index in [0.717, 1.165) is 12.4 Å². The first-order chi connectivity index (χ1) is 15.5. The van der Waals surface area contributed by atoms with Gasteiger partial charge < -0.3 is 10.6 Å². The summed E-state index contributed by atoms with van der Waals surface area (Å²) in [7, 11) is 0. The van der Waals surface area contributed by atoms with Gasteiger partial charge in [0, 0.05) is 30.8 Å². The van der Waals surface area contributed by atoms with Gasteiger partial charge in [-0.2, -0.15) is 13.2 Å². The molecule has 0 aliphatic carbocycles. The molecule has 1 aromatic rings. The lowest BCUT2D eigenvalue weighted by atomic mass is 10.0.